The number of nitrogen functional groups attached to an aromatic ring is 1. The fourth-order valence-electron chi connectivity index (χ4n) is 6.61. The van der Waals surface area contributed by atoms with Crippen molar-refractivity contribution in [2.75, 3.05) is 53.3 Å². The molecule has 0 saturated carbocycles. The monoisotopic (exact) mass is 903 g/mol. The van der Waals surface area contributed by atoms with Crippen LogP contribution in [0.5, 0.6) is 0 Å². The zero-order valence-corrected chi connectivity index (χ0v) is 36.9. The number of ketones is 2. The number of carbonyl (C=O) groups is 2. The minimum Gasteiger partial charge on any atom is -0.397 e. The Labute approximate surface area is 370 Å². The molecule has 1 aromatic heterocycles. The lowest BCUT2D eigenvalue weighted by Crippen LogP contribution is -2.32. The molecule has 1 unspecified atom stereocenters. The van der Waals surface area contributed by atoms with Gasteiger partial charge in [-0.15, -0.1) is 0 Å². The number of nitrogens with two attached hydrogens (primary N) is 2. The topological polar surface area (TPSA) is 269 Å². The van der Waals surface area contributed by atoms with E-state index in [-0.39, 0.29) is 78.2 Å². The van der Waals surface area contributed by atoms with E-state index in [4.69, 9.17) is 20.9 Å². The predicted molar refractivity (Wildman–Crippen MR) is 244 cm³/mol. The average molecular weight is 904 g/mol. The summed E-state index contributed by atoms with van der Waals surface area (Å²) < 4.78 is 55.4. The Morgan fingerprint density at radius 3 is 1.97 bits per heavy atom. The van der Waals surface area contributed by atoms with Gasteiger partial charge in [-0.1, -0.05) is 36.4 Å². The maximum atomic E-state index is 13.8. The van der Waals surface area contributed by atoms with Gasteiger partial charge in [0.15, 0.2) is 22.6 Å². The number of nitrogens with zero attached hydrogens (tertiary/aromatic N) is 3. The van der Waals surface area contributed by atoms with Crippen molar-refractivity contribution in [1.82, 2.24) is 15.0 Å². The molecular weight excluding hydrogens is 855 g/mol. The number of aromatic nitrogens is 3. The molecule has 0 aliphatic heterocycles. The van der Waals surface area contributed by atoms with Crippen LogP contribution >= 0.6 is 24.1 Å². The van der Waals surface area contributed by atoms with Crippen molar-refractivity contribution in [3.63, 3.8) is 0 Å². The Hall–Kier alpha value is -5.16. The predicted octanol–water partition coefficient (Wildman–Crippen LogP) is 8.30. The lowest BCUT2D eigenvalue weighted by Gasteiger charge is -2.29. The fraction of sp³-hybridized carbons (Fsp3) is 0.310. The van der Waals surface area contributed by atoms with E-state index < -0.39 is 28.2 Å². The van der Waals surface area contributed by atoms with Gasteiger partial charge in [0.25, 0.3) is 0 Å². The summed E-state index contributed by atoms with van der Waals surface area (Å²) in [6, 6.07) is 19.3. The van der Waals surface area contributed by atoms with Crippen molar-refractivity contribution in [3.05, 3.63) is 95.1 Å². The van der Waals surface area contributed by atoms with Gasteiger partial charge in [-0.25, -0.2) is 4.21 Å². The Balaban J connectivity index is 1.22. The van der Waals surface area contributed by atoms with E-state index in [1.165, 1.54) is 18.2 Å². The number of hydrogen-bond acceptors (Lipinski definition) is 18. The molecule has 1 aliphatic carbocycles. The molecule has 1 aliphatic rings. The van der Waals surface area contributed by atoms with Crippen LogP contribution in [-0.4, -0.2) is 81.9 Å². The summed E-state index contributed by atoms with van der Waals surface area (Å²) in [4.78, 5) is 41.6. The molecular formula is C42H49N9O8S3. The van der Waals surface area contributed by atoms with Crippen molar-refractivity contribution >= 4 is 93.0 Å². The summed E-state index contributed by atoms with van der Waals surface area (Å²) in [7, 11) is 0. The number of nitrogens with one attached hydrogen (secondary N) is 4. The summed E-state index contributed by atoms with van der Waals surface area (Å²) in [6.45, 7) is 10.0. The van der Waals surface area contributed by atoms with Gasteiger partial charge in [-0.2, -0.15) is 15.0 Å². The highest BCUT2D eigenvalue weighted by Gasteiger charge is 2.35. The second kappa shape index (κ2) is 20.4. The smallest absolute Gasteiger partial charge is 0.233 e. The molecule has 1 atom stereocenters. The Bertz CT molecular complexity index is 2470. The molecule has 0 fully saturated rings. The zero-order chi connectivity index (χ0) is 44.6. The summed E-state index contributed by atoms with van der Waals surface area (Å²) in [5.74, 6) is -0.614. The van der Waals surface area contributed by atoms with Crippen molar-refractivity contribution in [1.29, 1.82) is 0 Å². The Morgan fingerprint density at radius 2 is 1.31 bits per heavy atom. The molecule has 6 rings (SSSR count). The second-order valence-electron chi connectivity index (χ2n) is 15.4. The lowest BCUT2D eigenvalue weighted by molar-refractivity contribution is -0.0734. The number of hydrogen-bond donors (Lipinski definition) is 9. The van der Waals surface area contributed by atoms with Crippen LogP contribution in [-0.2, 0) is 20.6 Å². The van der Waals surface area contributed by atoms with Crippen LogP contribution < -0.4 is 32.7 Å². The lowest BCUT2D eigenvalue weighted by atomic mass is 9.82. The van der Waals surface area contributed by atoms with E-state index in [9.17, 15) is 27.5 Å². The van der Waals surface area contributed by atoms with Gasteiger partial charge in [0.1, 0.15) is 0 Å². The first kappa shape index (κ1) is 46.3. The van der Waals surface area contributed by atoms with E-state index in [0.29, 0.717) is 73.8 Å². The highest BCUT2D eigenvalue weighted by molar-refractivity contribution is 7.94. The average Bonchev–Trinajstić information content (AvgIpc) is 3.23. The van der Waals surface area contributed by atoms with Crippen LogP contribution in [0.1, 0.15) is 78.8 Å². The molecule has 0 radical (unpaired) electrons. The first-order valence-corrected chi connectivity index (χ1v) is 22.2. The minimum atomic E-state index is -2.55. The number of ether oxygens (including phenoxy) is 2. The van der Waals surface area contributed by atoms with E-state index in [1.54, 1.807) is 54.6 Å². The normalized spacial score (nSPS) is 13.0. The molecule has 20 heteroatoms. The molecule has 0 amide bonds. The highest BCUT2D eigenvalue weighted by Crippen LogP contribution is 2.41. The highest BCUT2D eigenvalue weighted by atomic mass is 32.2. The molecule has 0 bridgehead atoms. The maximum absolute atomic E-state index is 13.8. The number of benzene rings is 4. The minimum absolute atomic E-state index is 0.00680. The third-order valence-corrected chi connectivity index (χ3v) is 11.7. The van der Waals surface area contributed by atoms with Gasteiger partial charge in [0.2, 0.25) is 17.8 Å². The third kappa shape index (κ3) is 11.3. The van der Waals surface area contributed by atoms with Gasteiger partial charge in [0.05, 0.1) is 66.4 Å². The second-order valence-corrected chi connectivity index (χ2v) is 17.6. The van der Waals surface area contributed by atoms with Crippen molar-refractivity contribution in [3.8, 4) is 0 Å². The van der Waals surface area contributed by atoms with Crippen molar-refractivity contribution in [2.45, 2.75) is 72.8 Å². The number of para-hydroxylation sites is 1. The van der Waals surface area contributed by atoms with Gasteiger partial charge in [-0.05, 0) is 89.9 Å². The number of carbonyl (C=O) groups excluding carboxylic acids is 2. The maximum Gasteiger partial charge on any atom is 0.233 e. The molecule has 62 heavy (non-hydrogen) atoms. The molecule has 17 nitrogen and oxygen atoms in total. The van der Waals surface area contributed by atoms with E-state index in [0.717, 1.165) is 6.42 Å². The van der Waals surface area contributed by atoms with Crippen LogP contribution in [0.4, 0.5) is 46.3 Å². The first-order chi connectivity index (χ1) is 29.6. The molecule has 0 saturated heterocycles. The standard InChI is InChI=1S/C42H49N9O8S3/c1-41(2,16-18-43)59-21-17-42(3,4)58-20-9-19-45-38-49-39(47-27-12-7-8-13-30(27)60-54)51-40(50-38)48-28-15-14-24(22-32(28)62(56)57)46-29-23-31(61-55)35(44)34-33(29)36(52)25-10-5-6-11-26(25)37(34)53/h5-8,10-15,22-23,46,54-55H,9,16-21,43-44H2,1-4H3,(H,56,57)(H3,45,47,48,49,50,51). The SMILES string of the molecule is CC(C)(CCN)OCCC(C)(C)OCCCNc1nc(Nc2ccccc2SO)nc(Nc2ccc(Nc3cc(SO)c(N)c4c3C(=O)c3ccccc3C4=O)cc2S(=O)O)n1. The molecule has 4 aromatic carbocycles. The van der Waals surface area contributed by atoms with Gasteiger partial charge in [0, 0.05) is 54.1 Å². The molecule has 1 heterocycles. The molecule has 11 N–H and O–H groups in total. The quantitative estimate of drug-likeness (QED) is 0.0142. The van der Waals surface area contributed by atoms with E-state index in [1.807, 2.05) is 27.7 Å². The molecule has 328 valence electrons. The largest absolute Gasteiger partial charge is 0.397 e. The van der Waals surface area contributed by atoms with E-state index >= 15 is 0 Å². The summed E-state index contributed by atoms with van der Waals surface area (Å²) >= 11 is -1.68. The van der Waals surface area contributed by atoms with Gasteiger partial charge >= 0.3 is 0 Å². The Morgan fingerprint density at radius 1 is 0.710 bits per heavy atom. The van der Waals surface area contributed by atoms with E-state index in [2.05, 4.69) is 36.2 Å². The van der Waals surface area contributed by atoms with Crippen LogP contribution in [0.3, 0.4) is 0 Å². The number of anilines is 8. The third-order valence-electron chi connectivity index (χ3n) is 9.90. The summed E-state index contributed by atoms with van der Waals surface area (Å²) in [5, 5.41) is 12.4. The zero-order valence-electron chi connectivity index (χ0n) is 34.5. The van der Waals surface area contributed by atoms with Crippen LogP contribution in [0.2, 0.25) is 0 Å². The summed E-state index contributed by atoms with van der Waals surface area (Å²) in [6.07, 6.45) is 2.06. The molecule has 0 spiro atoms. The van der Waals surface area contributed by atoms with Crippen molar-refractivity contribution in [2.24, 2.45) is 5.73 Å². The van der Waals surface area contributed by atoms with Crippen LogP contribution in [0.15, 0.2) is 87.5 Å². The molecule has 5 aromatic rings. The van der Waals surface area contributed by atoms with Crippen molar-refractivity contribution < 1.29 is 36.9 Å². The summed E-state index contributed by atoms with van der Waals surface area (Å²) in [5.41, 5.74) is 12.7. The van der Waals surface area contributed by atoms with Gasteiger partial charge < -0.3 is 55.9 Å². The Kier molecular flexibility index (Phi) is 15.2. The fourth-order valence-corrected chi connectivity index (χ4v) is 7.88. The van der Waals surface area contributed by atoms with Crippen LogP contribution in [0.25, 0.3) is 0 Å². The number of rotatable bonds is 21. The first-order valence-electron chi connectivity index (χ1n) is 19.5. The number of fused-ring (bicyclic) bond motifs is 2. The van der Waals surface area contributed by atoms with Gasteiger partial charge in [-0.3, -0.25) is 9.59 Å². The van der Waals surface area contributed by atoms with Crippen LogP contribution in [0, 0.1) is 0 Å².